The van der Waals surface area contributed by atoms with E-state index in [4.69, 9.17) is 4.52 Å². The van der Waals surface area contributed by atoms with Gasteiger partial charge < -0.3 is 9.84 Å². The number of carbonyl (C=O) groups is 1. The summed E-state index contributed by atoms with van der Waals surface area (Å²) in [5.41, 5.74) is 4.37. The third kappa shape index (κ3) is 2.89. The largest absolute Gasteiger partial charge is 0.336 e. The van der Waals surface area contributed by atoms with E-state index in [1.807, 2.05) is 51.1 Å². The number of rotatable bonds is 4. The number of nitrogens with zero attached hydrogens (tertiary/aromatic N) is 2. The van der Waals surface area contributed by atoms with Crippen molar-refractivity contribution in [3.63, 3.8) is 0 Å². The van der Waals surface area contributed by atoms with E-state index in [2.05, 4.69) is 22.4 Å². The standard InChI is InChI=1S/C19H21N3O2/c1-5-13-8-6-7-9-15(13)20-18(23)14-10-16(11(2)3)21-19-17(14)12(4)22-24-19/h6-11H,5H2,1-4H3,(H,20,23). The van der Waals surface area contributed by atoms with Gasteiger partial charge in [0, 0.05) is 11.4 Å². The summed E-state index contributed by atoms with van der Waals surface area (Å²) in [5.74, 6) is 0.0192. The lowest BCUT2D eigenvalue weighted by Gasteiger charge is -2.12. The van der Waals surface area contributed by atoms with Gasteiger partial charge in [-0.15, -0.1) is 0 Å². The van der Waals surface area contributed by atoms with E-state index >= 15 is 0 Å². The second-order valence-corrected chi connectivity index (χ2v) is 6.16. The number of nitrogens with one attached hydrogen (secondary N) is 1. The third-order valence-electron chi connectivity index (χ3n) is 4.12. The molecule has 0 fully saturated rings. The van der Waals surface area contributed by atoms with Gasteiger partial charge in [-0.3, -0.25) is 4.79 Å². The number of carbonyl (C=O) groups excluding carboxylic acids is 1. The first-order valence-electron chi connectivity index (χ1n) is 8.17. The van der Waals surface area contributed by atoms with Gasteiger partial charge in [-0.2, -0.15) is 0 Å². The Labute approximate surface area is 141 Å². The molecule has 0 aliphatic heterocycles. The van der Waals surface area contributed by atoms with Crippen LogP contribution in [0, 0.1) is 6.92 Å². The number of benzene rings is 1. The molecule has 1 aromatic carbocycles. The molecule has 5 heteroatoms. The number of aryl methyl sites for hydroxylation is 2. The molecule has 3 aromatic rings. The van der Waals surface area contributed by atoms with Crippen LogP contribution in [0.4, 0.5) is 5.69 Å². The number of hydrogen-bond acceptors (Lipinski definition) is 4. The van der Waals surface area contributed by atoms with Crippen LogP contribution in [-0.2, 0) is 6.42 Å². The van der Waals surface area contributed by atoms with Crippen molar-refractivity contribution in [1.82, 2.24) is 10.1 Å². The van der Waals surface area contributed by atoms with Gasteiger partial charge in [0.05, 0.1) is 16.6 Å². The fourth-order valence-electron chi connectivity index (χ4n) is 2.73. The highest BCUT2D eigenvalue weighted by molar-refractivity contribution is 6.12. The first-order valence-corrected chi connectivity index (χ1v) is 8.17. The quantitative estimate of drug-likeness (QED) is 0.769. The number of hydrogen-bond donors (Lipinski definition) is 1. The second-order valence-electron chi connectivity index (χ2n) is 6.16. The predicted molar refractivity (Wildman–Crippen MR) is 94.4 cm³/mol. The van der Waals surface area contributed by atoms with Crippen LogP contribution in [0.3, 0.4) is 0 Å². The summed E-state index contributed by atoms with van der Waals surface area (Å²) in [6.45, 7) is 7.95. The molecule has 0 atom stereocenters. The van der Waals surface area contributed by atoms with Crippen LogP contribution < -0.4 is 5.32 Å². The van der Waals surface area contributed by atoms with Crippen LogP contribution >= 0.6 is 0 Å². The molecular formula is C19H21N3O2. The lowest BCUT2D eigenvalue weighted by molar-refractivity contribution is 0.102. The van der Waals surface area contributed by atoms with Crippen molar-refractivity contribution in [3.8, 4) is 0 Å². The van der Waals surface area contributed by atoms with E-state index < -0.39 is 0 Å². The van der Waals surface area contributed by atoms with Crippen LogP contribution in [0.5, 0.6) is 0 Å². The van der Waals surface area contributed by atoms with Gasteiger partial charge in [0.15, 0.2) is 0 Å². The van der Waals surface area contributed by atoms with Gasteiger partial charge in [0.1, 0.15) is 0 Å². The summed E-state index contributed by atoms with van der Waals surface area (Å²) in [4.78, 5) is 17.4. The van der Waals surface area contributed by atoms with Crippen LogP contribution in [0.15, 0.2) is 34.9 Å². The SMILES string of the molecule is CCc1ccccc1NC(=O)c1cc(C(C)C)nc2onc(C)c12. The molecule has 0 saturated carbocycles. The summed E-state index contributed by atoms with van der Waals surface area (Å²) in [6.07, 6.45) is 0.853. The van der Waals surface area contributed by atoms with Crippen molar-refractivity contribution < 1.29 is 9.32 Å². The van der Waals surface area contributed by atoms with E-state index in [9.17, 15) is 4.79 Å². The van der Waals surface area contributed by atoms with Crippen LogP contribution in [0.25, 0.3) is 11.1 Å². The highest BCUT2D eigenvalue weighted by Gasteiger charge is 2.20. The third-order valence-corrected chi connectivity index (χ3v) is 4.12. The Morgan fingerprint density at radius 3 is 2.75 bits per heavy atom. The Kier molecular flexibility index (Phi) is 4.34. The summed E-state index contributed by atoms with van der Waals surface area (Å²) in [7, 11) is 0. The maximum Gasteiger partial charge on any atom is 0.259 e. The van der Waals surface area contributed by atoms with Crippen LogP contribution in [0.1, 0.15) is 54.0 Å². The second kappa shape index (κ2) is 6.43. The maximum atomic E-state index is 12.9. The zero-order valence-corrected chi connectivity index (χ0v) is 14.4. The molecule has 0 radical (unpaired) electrons. The molecule has 0 spiro atoms. The fourth-order valence-corrected chi connectivity index (χ4v) is 2.73. The van der Waals surface area contributed by atoms with E-state index in [0.29, 0.717) is 22.4 Å². The van der Waals surface area contributed by atoms with Gasteiger partial charge >= 0.3 is 0 Å². The molecule has 1 N–H and O–H groups in total. The fraction of sp³-hybridized carbons (Fsp3) is 0.316. The topological polar surface area (TPSA) is 68.0 Å². The van der Waals surface area contributed by atoms with Gasteiger partial charge in [-0.1, -0.05) is 44.1 Å². The summed E-state index contributed by atoms with van der Waals surface area (Å²) in [5, 5.41) is 7.65. The number of fused-ring (bicyclic) bond motifs is 1. The Hall–Kier alpha value is -2.69. The number of aromatic nitrogens is 2. The van der Waals surface area contributed by atoms with Gasteiger partial charge in [0.25, 0.3) is 11.6 Å². The van der Waals surface area contributed by atoms with Crippen molar-refractivity contribution in [3.05, 3.63) is 52.8 Å². The Bertz CT molecular complexity index is 897. The lowest BCUT2D eigenvalue weighted by Crippen LogP contribution is -2.15. The average molecular weight is 323 g/mol. The number of para-hydroxylation sites is 1. The molecule has 124 valence electrons. The number of pyridine rings is 1. The van der Waals surface area contributed by atoms with Crippen molar-refractivity contribution >= 4 is 22.7 Å². The van der Waals surface area contributed by atoms with E-state index in [1.165, 1.54) is 0 Å². The van der Waals surface area contributed by atoms with Crippen LogP contribution in [0.2, 0.25) is 0 Å². The Balaban J connectivity index is 2.07. The number of amides is 1. The minimum atomic E-state index is -0.170. The maximum absolute atomic E-state index is 12.9. The first-order chi connectivity index (χ1) is 11.5. The minimum absolute atomic E-state index is 0.170. The molecule has 0 unspecified atom stereocenters. The molecule has 2 aromatic heterocycles. The average Bonchev–Trinajstić information content (AvgIpc) is 2.95. The van der Waals surface area contributed by atoms with Gasteiger partial charge in [-0.05, 0) is 37.0 Å². The smallest absolute Gasteiger partial charge is 0.259 e. The summed E-state index contributed by atoms with van der Waals surface area (Å²) in [6, 6.07) is 9.66. The molecular weight excluding hydrogens is 302 g/mol. The first kappa shape index (κ1) is 16.2. The normalized spacial score (nSPS) is 11.2. The highest BCUT2D eigenvalue weighted by atomic mass is 16.5. The Morgan fingerprint density at radius 2 is 2.04 bits per heavy atom. The minimum Gasteiger partial charge on any atom is -0.336 e. The molecule has 24 heavy (non-hydrogen) atoms. The van der Waals surface area contributed by atoms with Crippen molar-refractivity contribution in [2.24, 2.45) is 0 Å². The van der Waals surface area contributed by atoms with Gasteiger partial charge in [0.2, 0.25) is 0 Å². The molecule has 0 bridgehead atoms. The van der Waals surface area contributed by atoms with Crippen molar-refractivity contribution in [2.45, 2.75) is 40.0 Å². The molecule has 1 amide bonds. The van der Waals surface area contributed by atoms with E-state index in [-0.39, 0.29) is 11.8 Å². The van der Waals surface area contributed by atoms with Crippen molar-refractivity contribution in [2.75, 3.05) is 5.32 Å². The molecule has 2 heterocycles. The molecule has 5 nitrogen and oxygen atoms in total. The monoisotopic (exact) mass is 323 g/mol. The summed E-state index contributed by atoms with van der Waals surface area (Å²) >= 11 is 0. The molecule has 0 saturated heterocycles. The predicted octanol–water partition coefficient (Wildman–Crippen LogP) is 4.47. The van der Waals surface area contributed by atoms with Crippen LogP contribution in [-0.4, -0.2) is 16.0 Å². The number of anilines is 1. The zero-order valence-electron chi connectivity index (χ0n) is 14.4. The Morgan fingerprint density at radius 1 is 1.29 bits per heavy atom. The molecule has 0 aliphatic carbocycles. The van der Waals surface area contributed by atoms with Gasteiger partial charge in [-0.25, -0.2) is 4.98 Å². The molecule has 3 rings (SSSR count). The zero-order chi connectivity index (χ0) is 17.3. The molecule has 0 aliphatic rings. The van der Waals surface area contributed by atoms with E-state index in [1.54, 1.807) is 0 Å². The van der Waals surface area contributed by atoms with E-state index in [0.717, 1.165) is 23.4 Å². The lowest BCUT2D eigenvalue weighted by atomic mass is 10.0. The summed E-state index contributed by atoms with van der Waals surface area (Å²) < 4.78 is 5.28. The van der Waals surface area contributed by atoms with Crippen molar-refractivity contribution in [1.29, 1.82) is 0 Å². The highest BCUT2D eigenvalue weighted by Crippen LogP contribution is 2.26.